The molecule has 0 atom stereocenters. The fraction of sp³-hybridized carbons (Fsp3) is 0.261. The lowest BCUT2D eigenvalue weighted by Crippen LogP contribution is -2.37. The van der Waals surface area contributed by atoms with Gasteiger partial charge in [-0.2, -0.15) is 5.10 Å². The van der Waals surface area contributed by atoms with Crippen LogP contribution >= 0.6 is 0 Å². The van der Waals surface area contributed by atoms with Gasteiger partial charge in [0.15, 0.2) is 0 Å². The first-order chi connectivity index (χ1) is 13.8. The van der Waals surface area contributed by atoms with Crippen molar-refractivity contribution in [1.29, 1.82) is 0 Å². The Bertz CT molecular complexity index is 1040. The minimum atomic E-state index is -0.240. The lowest BCUT2D eigenvalue weighted by molar-refractivity contribution is -0.129. The molecule has 0 N–H and O–H groups in total. The number of hydrogen-bond donors (Lipinski definition) is 0. The SMILES string of the molecule is Cc1ccc(-c2nn(-c3ccccc3)cc2C(=O)N(C)CC(=O)N(C)C)cc1C. The van der Waals surface area contributed by atoms with E-state index in [4.69, 9.17) is 5.10 Å². The Morgan fingerprint density at radius 1 is 0.966 bits per heavy atom. The van der Waals surface area contributed by atoms with Gasteiger partial charge in [0.1, 0.15) is 5.69 Å². The van der Waals surface area contributed by atoms with Gasteiger partial charge in [-0.25, -0.2) is 4.68 Å². The molecule has 1 aromatic heterocycles. The van der Waals surface area contributed by atoms with Crippen molar-refractivity contribution in [2.45, 2.75) is 13.8 Å². The van der Waals surface area contributed by atoms with Crippen molar-refractivity contribution in [1.82, 2.24) is 19.6 Å². The third-order valence-electron chi connectivity index (χ3n) is 4.96. The molecule has 29 heavy (non-hydrogen) atoms. The molecule has 0 unspecified atom stereocenters. The molecule has 6 heteroatoms. The van der Waals surface area contributed by atoms with Gasteiger partial charge in [-0.05, 0) is 43.2 Å². The first kappa shape index (κ1) is 20.3. The standard InChI is InChI=1S/C23H26N4O2/c1-16-11-12-18(13-17(16)2)22-20(23(29)26(5)15-21(28)25(3)4)14-27(24-22)19-9-7-6-8-10-19/h6-14H,15H2,1-5H3. The molecular weight excluding hydrogens is 364 g/mol. The number of carbonyl (C=O) groups is 2. The van der Waals surface area contributed by atoms with Crippen LogP contribution in [0.2, 0.25) is 0 Å². The van der Waals surface area contributed by atoms with Crippen LogP contribution in [-0.2, 0) is 4.79 Å². The van der Waals surface area contributed by atoms with Crippen LogP contribution in [0.5, 0.6) is 0 Å². The first-order valence-electron chi connectivity index (χ1n) is 9.46. The van der Waals surface area contributed by atoms with E-state index in [0.29, 0.717) is 11.3 Å². The van der Waals surface area contributed by atoms with Crippen molar-refractivity contribution in [3.63, 3.8) is 0 Å². The van der Waals surface area contributed by atoms with Crippen LogP contribution in [-0.4, -0.2) is 59.1 Å². The maximum absolute atomic E-state index is 13.2. The van der Waals surface area contributed by atoms with E-state index < -0.39 is 0 Å². The van der Waals surface area contributed by atoms with Gasteiger partial charge in [-0.3, -0.25) is 9.59 Å². The van der Waals surface area contributed by atoms with Crippen LogP contribution in [0.3, 0.4) is 0 Å². The summed E-state index contributed by atoms with van der Waals surface area (Å²) in [7, 11) is 4.98. The number of carbonyl (C=O) groups excluding carboxylic acids is 2. The predicted octanol–water partition coefficient (Wildman–Crippen LogP) is 3.32. The van der Waals surface area contributed by atoms with Gasteiger partial charge in [0.25, 0.3) is 5.91 Å². The number of likely N-dealkylation sites (N-methyl/N-ethyl adjacent to an activating group) is 2. The molecule has 2 amide bonds. The Kier molecular flexibility index (Phi) is 5.82. The maximum Gasteiger partial charge on any atom is 0.257 e. The molecule has 0 aliphatic carbocycles. The summed E-state index contributed by atoms with van der Waals surface area (Å²) in [6.07, 6.45) is 1.73. The average Bonchev–Trinajstić information content (AvgIpc) is 3.15. The number of aryl methyl sites for hydroxylation is 2. The summed E-state index contributed by atoms with van der Waals surface area (Å²) >= 11 is 0. The number of hydrogen-bond acceptors (Lipinski definition) is 3. The highest BCUT2D eigenvalue weighted by Gasteiger charge is 2.23. The van der Waals surface area contributed by atoms with Crippen LogP contribution in [0, 0.1) is 13.8 Å². The van der Waals surface area contributed by atoms with E-state index in [1.54, 1.807) is 32.0 Å². The molecular formula is C23H26N4O2. The Balaban J connectivity index is 2.06. The second kappa shape index (κ2) is 8.31. The number of para-hydroxylation sites is 1. The van der Waals surface area contributed by atoms with Gasteiger partial charge >= 0.3 is 0 Å². The molecule has 0 saturated heterocycles. The Morgan fingerprint density at radius 2 is 1.66 bits per heavy atom. The molecule has 0 bridgehead atoms. The Labute approximate surface area is 171 Å². The molecule has 6 nitrogen and oxygen atoms in total. The lowest BCUT2D eigenvalue weighted by atomic mass is 10.0. The number of aromatic nitrogens is 2. The van der Waals surface area contributed by atoms with Gasteiger partial charge in [0.2, 0.25) is 5.91 Å². The molecule has 0 fully saturated rings. The minimum Gasteiger partial charge on any atom is -0.347 e. The molecule has 2 aromatic carbocycles. The second-order valence-electron chi connectivity index (χ2n) is 7.42. The van der Waals surface area contributed by atoms with E-state index >= 15 is 0 Å². The van der Waals surface area contributed by atoms with Gasteiger partial charge in [-0.1, -0.05) is 30.3 Å². The number of nitrogens with zero attached hydrogens (tertiary/aromatic N) is 4. The third-order valence-corrected chi connectivity index (χ3v) is 4.96. The smallest absolute Gasteiger partial charge is 0.257 e. The predicted molar refractivity (Wildman–Crippen MR) is 114 cm³/mol. The highest BCUT2D eigenvalue weighted by molar-refractivity contribution is 6.01. The normalized spacial score (nSPS) is 10.7. The van der Waals surface area contributed by atoms with Gasteiger partial charge in [0, 0.05) is 32.9 Å². The van der Waals surface area contributed by atoms with Crippen LogP contribution in [0.25, 0.3) is 16.9 Å². The summed E-state index contributed by atoms with van der Waals surface area (Å²) in [4.78, 5) is 28.2. The zero-order valence-electron chi connectivity index (χ0n) is 17.5. The Morgan fingerprint density at radius 3 is 2.28 bits per heavy atom. The van der Waals surface area contributed by atoms with Crippen molar-refractivity contribution >= 4 is 11.8 Å². The summed E-state index contributed by atoms with van der Waals surface area (Å²) in [6, 6.07) is 15.7. The van der Waals surface area contributed by atoms with E-state index in [1.165, 1.54) is 15.4 Å². The summed E-state index contributed by atoms with van der Waals surface area (Å²) in [5.41, 5.74) is 5.11. The van der Waals surface area contributed by atoms with Crippen molar-refractivity contribution in [3.8, 4) is 16.9 Å². The fourth-order valence-electron chi connectivity index (χ4n) is 2.97. The average molecular weight is 390 g/mol. The fourth-order valence-corrected chi connectivity index (χ4v) is 2.97. The van der Waals surface area contributed by atoms with Crippen LogP contribution in [0.1, 0.15) is 21.5 Å². The summed E-state index contributed by atoms with van der Waals surface area (Å²) in [5.74, 6) is -0.375. The summed E-state index contributed by atoms with van der Waals surface area (Å²) < 4.78 is 1.71. The Hall–Kier alpha value is -3.41. The topological polar surface area (TPSA) is 58.4 Å². The maximum atomic E-state index is 13.2. The van der Waals surface area contributed by atoms with Gasteiger partial charge in [0.05, 0.1) is 17.8 Å². The second-order valence-corrected chi connectivity index (χ2v) is 7.42. The summed E-state index contributed by atoms with van der Waals surface area (Å²) in [5, 5.41) is 4.71. The lowest BCUT2D eigenvalue weighted by Gasteiger charge is -2.19. The highest BCUT2D eigenvalue weighted by atomic mass is 16.2. The molecule has 0 spiro atoms. The number of amides is 2. The summed E-state index contributed by atoms with van der Waals surface area (Å²) in [6.45, 7) is 4.10. The zero-order valence-corrected chi connectivity index (χ0v) is 17.5. The largest absolute Gasteiger partial charge is 0.347 e. The molecule has 0 radical (unpaired) electrons. The molecule has 150 valence electrons. The van der Waals surface area contributed by atoms with Crippen molar-refractivity contribution < 1.29 is 9.59 Å². The van der Waals surface area contributed by atoms with E-state index in [0.717, 1.165) is 16.8 Å². The van der Waals surface area contributed by atoms with E-state index in [9.17, 15) is 9.59 Å². The van der Waals surface area contributed by atoms with Gasteiger partial charge < -0.3 is 9.80 Å². The first-order valence-corrected chi connectivity index (χ1v) is 9.46. The van der Waals surface area contributed by atoms with Crippen molar-refractivity contribution in [2.75, 3.05) is 27.7 Å². The number of rotatable bonds is 5. The van der Waals surface area contributed by atoms with Crippen molar-refractivity contribution in [2.24, 2.45) is 0 Å². The molecule has 0 aliphatic rings. The van der Waals surface area contributed by atoms with E-state index in [-0.39, 0.29) is 18.4 Å². The zero-order chi connectivity index (χ0) is 21.1. The van der Waals surface area contributed by atoms with E-state index in [1.807, 2.05) is 62.4 Å². The third kappa shape index (κ3) is 4.37. The highest BCUT2D eigenvalue weighted by Crippen LogP contribution is 2.26. The van der Waals surface area contributed by atoms with Crippen LogP contribution < -0.4 is 0 Å². The monoisotopic (exact) mass is 390 g/mol. The van der Waals surface area contributed by atoms with Gasteiger partial charge in [-0.15, -0.1) is 0 Å². The van der Waals surface area contributed by atoms with Crippen molar-refractivity contribution in [3.05, 3.63) is 71.4 Å². The quantitative estimate of drug-likeness (QED) is 0.672. The number of benzene rings is 2. The van der Waals surface area contributed by atoms with Crippen LogP contribution in [0.15, 0.2) is 54.7 Å². The molecule has 1 heterocycles. The molecule has 0 aliphatic heterocycles. The minimum absolute atomic E-state index is 0.00865. The molecule has 3 rings (SSSR count). The molecule has 3 aromatic rings. The van der Waals surface area contributed by atoms with E-state index in [2.05, 4.69) is 0 Å². The molecule has 0 saturated carbocycles. The van der Waals surface area contributed by atoms with Crippen LogP contribution in [0.4, 0.5) is 0 Å².